The molecule has 0 aliphatic carbocycles. The fraction of sp³-hybridized carbons (Fsp3) is 0.364. The molecule has 0 radical (unpaired) electrons. The minimum Gasteiger partial charge on any atom is -0.338 e. The molecule has 140 valence electrons. The SMILES string of the molecule is CCCn1c(=O)n(CCC(=O)N2CCc3ccccc3C2)c2ccccc21. The molecule has 0 saturated carbocycles. The molecular formula is C22H25N3O2. The molecule has 3 aromatic rings. The van der Waals surface area contributed by atoms with E-state index in [9.17, 15) is 9.59 Å². The van der Waals surface area contributed by atoms with E-state index < -0.39 is 0 Å². The topological polar surface area (TPSA) is 47.2 Å². The van der Waals surface area contributed by atoms with E-state index in [1.165, 1.54) is 11.1 Å². The van der Waals surface area contributed by atoms with E-state index in [0.717, 1.165) is 30.4 Å². The van der Waals surface area contributed by atoms with Crippen molar-refractivity contribution >= 4 is 16.9 Å². The first-order valence-electron chi connectivity index (χ1n) is 9.71. The predicted molar refractivity (Wildman–Crippen MR) is 107 cm³/mol. The summed E-state index contributed by atoms with van der Waals surface area (Å²) in [5.41, 5.74) is 4.40. The molecule has 4 rings (SSSR count). The Hall–Kier alpha value is -2.82. The van der Waals surface area contributed by atoms with Gasteiger partial charge in [-0.1, -0.05) is 43.3 Å². The molecular weight excluding hydrogens is 338 g/mol. The quantitative estimate of drug-likeness (QED) is 0.699. The van der Waals surface area contributed by atoms with E-state index in [2.05, 4.69) is 25.1 Å². The Morgan fingerprint density at radius 3 is 2.26 bits per heavy atom. The first-order valence-corrected chi connectivity index (χ1v) is 9.71. The van der Waals surface area contributed by atoms with Gasteiger partial charge in [0.15, 0.2) is 0 Å². The Morgan fingerprint density at radius 1 is 0.926 bits per heavy atom. The zero-order chi connectivity index (χ0) is 18.8. The molecule has 5 nitrogen and oxygen atoms in total. The number of aromatic nitrogens is 2. The maximum atomic E-state index is 12.8. The lowest BCUT2D eigenvalue weighted by molar-refractivity contribution is -0.132. The van der Waals surface area contributed by atoms with Crippen LogP contribution in [0, 0.1) is 0 Å². The fourth-order valence-electron chi connectivity index (χ4n) is 4.00. The Balaban J connectivity index is 1.52. The lowest BCUT2D eigenvalue weighted by atomic mass is 10.00. The summed E-state index contributed by atoms with van der Waals surface area (Å²) >= 11 is 0. The predicted octanol–water partition coefficient (Wildman–Crippen LogP) is 3.19. The second-order valence-electron chi connectivity index (χ2n) is 7.16. The van der Waals surface area contributed by atoms with Gasteiger partial charge in [0.1, 0.15) is 0 Å². The molecule has 0 fully saturated rings. The van der Waals surface area contributed by atoms with Gasteiger partial charge in [0.25, 0.3) is 0 Å². The van der Waals surface area contributed by atoms with Crippen molar-refractivity contribution in [3.05, 3.63) is 70.1 Å². The molecule has 1 aliphatic heterocycles. The summed E-state index contributed by atoms with van der Waals surface area (Å²) in [6.07, 6.45) is 2.15. The number of imidazole rings is 1. The molecule has 0 N–H and O–H groups in total. The van der Waals surface area contributed by atoms with Gasteiger partial charge in [0, 0.05) is 32.6 Å². The smallest absolute Gasteiger partial charge is 0.329 e. The monoisotopic (exact) mass is 363 g/mol. The molecule has 0 bridgehead atoms. The second-order valence-corrected chi connectivity index (χ2v) is 7.16. The molecule has 1 amide bonds. The van der Waals surface area contributed by atoms with Gasteiger partial charge in [-0.3, -0.25) is 13.9 Å². The molecule has 5 heteroatoms. The van der Waals surface area contributed by atoms with E-state index in [-0.39, 0.29) is 11.6 Å². The van der Waals surface area contributed by atoms with Gasteiger partial charge in [0.2, 0.25) is 5.91 Å². The van der Waals surface area contributed by atoms with Crippen LogP contribution in [-0.4, -0.2) is 26.5 Å². The van der Waals surface area contributed by atoms with Crippen LogP contribution in [0.3, 0.4) is 0 Å². The maximum Gasteiger partial charge on any atom is 0.329 e. The lowest BCUT2D eigenvalue weighted by Gasteiger charge is -2.29. The summed E-state index contributed by atoms with van der Waals surface area (Å²) in [4.78, 5) is 27.5. The van der Waals surface area contributed by atoms with Crippen LogP contribution in [0.25, 0.3) is 11.0 Å². The highest BCUT2D eigenvalue weighted by atomic mass is 16.2. The molecule has 0 unspecified atom stereocenters. The Labute approximate surface area is 158 Å². The molecule has 2 aromatic carbocycles. The Morgan fingerprint density at radius 2 is 1.56 bits per heavy atom. The van der Waals surface area contributed by atoms with Gasteiger partial charge < -0.3 is 4.90 Å². The van der Waals surface area contributed by atoms with E-state index in [0.29, 0.717) is 26.1 Å². The number of nitrogens with zero attached hydrogens (tertiary/aromatic N) is 3. The van der Waals surface area contributed by atoms with Crippen molar-refractivity contribution in [2.45, 2.75) is 45.8 Å². The molecule has 0 atom stereocenters. The summed E-state index contributed by atoms with van der Waals surface area (Å²) in [5, 5.41) is 0. The molecule has 1 aromatic heterocycles. The third-order valence-corrected chi connectivity index (χ3v) is 5.40. The number of amides is 1. The largest absolute Gasteiger partial charge is 0.338 e. The minimum absolute atomic E-state index is 0.0187. The molecule has 2 heterocycles. The van der Waals surface area contributed by atoms with Gasteiger partial charge in [-0.05, 0) is 36.1 Å². The van der Waals surface area contributed by atoms with Gasteiger partial charge in [-0.15, -0.1) is 0 Å². The molecule has 1 aliphatic rings. The summed E-state index contributed by atoms with van der Waals surface area (Å²) in [6, 6.07) is 16.1. The number of hydrogen-bond acceptors (Lipinski definition) is 2. The van der Waals surface area contributed by atoms with E-state index in [4.69, 9.17) is 0 Å². The number of carbonyl (C=O) groups is 1. The van der Waals surface area contributed by atoms with E-state index in [1.807, 2.05) is 39.8 Å². The average Bonchev–Trinajstić information content (AvgIpc) is 2.97. The molecule has 0 saturated heterocycles. The summed E-state index contributed by atoms with van der Waals surface area (Å²) in [7, 11) is 0. The van der Waals surface area contributed by atoms with Crippen LogP contribution in [0.5, 0.6) is 0 Å². The Bertz CT molecular complexity index is 1030. The standard InChI is InChI=1S/C22H25N3O2/c1-2-13-24-19-9-5-6-10-20(19)25(22(24)27)15-12-21(26)23-14-11-17-7-3-4-8-18(17)16-23/h3-10H,2,11-16H2,1H3. The van der Waals surface area contributed by atoms with Crippen molar-refractivity contribution in [1.82, 2.24) is 14.0 Å². The van der Waals surface area contributed by atoms with Crippen LogP contribution in [-0.2, 0) is 30.8 Å². The fourth-order valence-corrected chi connectivity index (χ4v) is 4.00. The van der Waals surface area contributed by atoms with Crippen molar-refractivity contribution in [2.75, 3.05) is 6.54 Å². The van der Waals surface area contributed by atoms with Crippen LogP contribution in [0.15, 0.2) is 53.3 Å². The number of aryl methyl sites for hydroxylation is 2. The third-order valence-electron chi connectivity index (χ3n) is 5.40. The van der Waals surface area contributed by atoms with Crippen LogP contribution < -0.4 is 5.69 Å². The number of para-hydroxylation sites is 2. The Kier molecular flexibility index (Phi) is 4.84. The van der Waals surface area contributed by atoms with Crippen molar-refractivity contribution < 1.29 is 4.79 Å². The lowest BCUT2D eigenvalue weighted by Crippen LogP contribution is -2.37. The van der Waals surface area contributed by atoms with Gasteiger partial charge in [-0.2, -0.15) is 0 Å². The normalized spacial score (nSPS) is 13.7. The third kappa shape index (κ3) is 3.29. The van der Waals surface area contributed by atoms with Crippen LogP contribution >= 0.6 is 0 Å². The highest BCUT2D eigenvalue weighted by Gasteiger charge is 2.21. The van der Waals surface area contributed by atoms with Crippen LogP contribution in [0.2, 0.25) is 0 Å². The zero-order valence-corrected chi connectivity index (χ0v) is 15.7. The molecule has 27 heavy (non-hydrogen) atoms. The first-order chi connectivity index (χ1) is 13.2. The number of benzene rings is 2. The highest BCUT2D eigenvalue weighted by molar-refractivity contribution is 5.78. The maximum absolute atomic E-state index is 12.8. The summed E-state index contributed by atoms with van der Waals surface area (Å²) < 4.78 is 3.57. The number of rotatable bonds is 5. The van der Waals surface area contributed by atoms with Crippen molar-refractivity contribution in [3.63, 3.8) is 0 Å². The minimum atomic E-state index is -0.0187. The van der Waals surface area contributed by atoms with Crippen molar-refractivity contribution in [3.8, 4) is 0 Å². The van der Waals surface area contributed by atoms with Crippen LogP contribution in [0.1, 0.15) is 30.9 Å². The van der Waals surface area contributed by atoms with Gasteiger partial charge in [-0.25, -0.2) is 4.79 Å². The first kappa shape index (κ1) is 17.6. The number of hydrogen-bond donors (Lipinski definition) is 0. The van der Waals surface area contributed by atoms with E-state index >= 15 is 0 Å². The van der Waals surface area contributed by atoms with Gasteiger partial charge in [0.05, 0.1) is 11.0 Å². The second kappa shape index (κ2) is 7.43. The van der Waals surface area contributed by atoms with E-state index in [1.54, 1.807) is 4.57 Å². The average molecular weight is 363 g/mol. The summed E-state index contributed by atoms with van der Waals surface area (Å²) in [6.45, 7) is 4.61. The van der Waals surface area contributed by atoms with Crippen molar-refractivity contribution in [1.29, 1.82) is 0 Å². The number of fused-ring (bicyclic) bond motifs is 2. The number of carbonyl (C=O) groups excluding carboxylic acids is 1. The molecule has 0 spiro atoms. The van der Waals surface area contributed by atoms with Crippen molar-refractivity contribution in [2.24, 2.45) is 0 Å². The highest BCUT2D eigenvalue weighted by Crippen LogP contribution is 2.19. The summed E-state index contributed by atoms with van der Waals surface area (Å²) in [5.74, 6) is 0.115. The zero-order valence-electron chi connectivity index (χ0n) is 15.7. The van der Waals surface area contributed by atoms with Crippen LogP contribution in [0.4, 0.5) is 0 Å². The van der Waals surface area contributed by atoms with Gasteiger partial charge >= 0.3 is 5.69 Å².